The van der Waals surface area contributed by atoms with Crippen LogP contribution in [0.5, 0.6) is 5.75 Å². The number of carboxylic acids is 1. The molecule has 0 aliphatic carbocycles. The van der Waals surface area contributed by atoms with Gasteiger partial charge in [-0.2, -0.15) is 0 Å². The minimum atomic E-state index is -1.00. The first-order chi connectivity index (χ1) is 7.11. The molecule has 1 aliphatic heterocycles. The summed E-state index contributed by atoms with van der Waals surface area (Å²) in [6.07, 6.45) is 0.360. The van der Waals surface area contributed by atoms with Crippen molar-refractivity contribution >= 4 is 11.8 Å². The van der Waals surface area contributed by atoms with Crippen LogP contribution in [0.4, 0.5) is 0 Å². The SMILES string of the molecule is Cc1c(C(=O)O)ccc2c1OCCC2=O. The van der Waals surface area contributed by atoms with Crippen LogP contribution in [0.1, 0.15) is 32.7 Å². The number of carbonyl (C=O) groups is 2. The van der Waals surface area contributed by atoms with Gasteiger partial charge in [0, 0.05) is 12.0 Å². The number of rotatable bonds is 1. The minimum Gasteiger partial charge on any atom is -0.492 e. The third-order valence-electron chi connectivity index (χ3n) is 2.51. The number of ether oxygens (including phenoxy) is 1. The van der Waals surface area contributed by atoms with Crippen molar-refractivity contribution in [2.75, 3.05) is 6.61 Å². The fourth-order valence-electron chi connectivity index (χ4n) is 1.71. The molecule has 1 N–H and O–H groups in total. The zero-order chi connectivity index (χ0) is 11.0. The number of Topliss-reactive ketones (excluding diaryl/α,β-unsaturated/α-hetero) is 1. The molecular weight excluding hydrogens is 196 g/mol. The molecule has 0 radical (unpaired) electrons. The fraction of sp³-hybridized carbons (Fsp3) is 0.273. The standard InChI is InChI=1S/C11H10O4/c1-6-7(11(13)14)2-3-8-9(12)4-5-15-10(6)8/h2-3H,4-5H2,1H3,(H,13,14). The number of benzene rings is 1. The monoisotopic (exact) mass is 206 g/mol. The average Bonchev–Trinajstić information content (AvgIpc) is 2.19. The Morgan fingerprint density at radius 1 is 1.47 bits per heavy atom. The van der Waals surface area contributed by atoms with Crippen molar-refractivity contribution in [3.05, 3.63) is 28.8 Å². The number of carbonyl (C=O) groups excluding carboxylic acids is 1. The van der Waals surface area contributed by atoms with Crippen molar-refractivity contribution in [1.29, 1.82) is 0 Å². The van der Waals surface area contributed by atoms with E-state index in [1.807, 2.05) is 0 Å². The number of aromatic carboxylic acids is 1. The van der Waals surface area contributed by atoms with Gasteiger partial charge >= 0.3 is 5.97 Å². The zero-order valence-electron chi connectivity index (χ0n) is 8.24. The first-order valence-electron chi connectivity index (χ1n) is 4.64. The molecule has 1 heterocycles. The highest BCUT2D eigenvalue weighted by Gasteiger charge is 2.23. The molecule has 4 heteroatoms. The number of hydrogen-bond donors (Lipinski definition) is 1. The van der Waals surface area contributed by atoms with Crippen molar-refractivity contribution in [2.45, 2.75) is 13.3 Å². The van der Waals surface area contributed by atoms with Crippen LogP contribution in [-0.4, -0.2) is 23.5 Å². The molecule has 0 amide bonds. The van der Waals surface area contributed by atoms with E-state index < -0.39 is 5.97 Å². The van der Waals surface area contributed by atoms with E-state index >= 15 is 0 Å². The van der Waals surface area contributed by atoms with Gasteiger partial charge in [0.1, 0.15) is 5.75 Å². The van der Waals surface area contributed by atoms with Crippen LogP contribution in [0, 0.1) is 6.92 Å². The van der Waals surface area contributed by atoms with Crippen LogP contribution in [0.2, 0.25) is 0 Å². The van der Waals surface area contributed by atoms with Crippen molar-refractivity contribution in [2.24, 2.45) is 0 Å². The summed E-state index contributed by atoms with van der Waals surface area (Å²) in [6, 6.07) is 2.97. The summed E-state index contributed by atoms with van der Waals surface area (Å²) in [5.74, 6) is -0.570. The summed E-state index contributed by atoms with van der Waals surface area (Å²) >= 11 is 0. The van der Waals surface area contributed by atoms with Gasteiger partial charge in [0.05, 0.1) is 17.7 Å². The first kappa shape index (κ1) is 9.71. The molecule has 0 aromatic heterocycles. The highest BCUT2D eigenvalue weighted by molar-refractivity contribution is 6.02. The Balaban J connectivity index is 2.62. The maximum atomic E-state index is 11.5. The molecular formula is C11H10O4. The Kier molecular flexibility index (Phi) is 2.19. The van der Waals surface area contributed by atoms with E-state index in [0.717, 1.165) is 0 Å². The van der Waals surface area contributed by atoms with E-state index in [1.54, 1.807) is 6.92 Å². The number of carboxylic acid groups (broad SMARTS) is 1. The van der Waals surface area contributed by atoms with Gasteiger partial charge in [-0.05, 0) is 19.1 Å². The molecule has 78 valence electrons. The summed E-state index contributed by atoms with van der Waals surface area (Å²) in [5.41, 5.74) is 1.19. The molecule has 0 saturated heterocycles. The van der Waals surface area contributed by atoms with Crippen LogP contribution in [-0.2, 0) is 0 Å². The molecule has 1 aromatic rings. The van der Waals surface area contributed by atoms with E-state index in [0.29, 0.717) is 29.9 Å². The molecule has 0 fully saturated rings. The second-order valence-electron chi connectivity index (χ2n) is 3.44. The highest BCUT2D eigenvalue weighted by atomic mass is 16.5. The minimum absolute atomic E-state index is 0.0105. The number of ketones is 1. The quantitative estimate of drug-likeness (QED) is 0.758. The van der Waals surface area contributed by atoms with Crippen LogP contribution in [0.15, 0.2) is 12.1 Å². The van der Waals surface area contributed by atoms with Gasteiger partial charge in [0.25, 0.3) is 0 Å². The third kappa shape index (κ3) is 1.48. The fourth-order valence-corrected chi connectivity index (χ4v) is 1.71. The van der Waals surface area contributed by atoms with E-state index in [4.69, 9.17) is 9.84 Å². The predicted octanol–water partition coefficient (Wildman–Crippen LogP) is 1.66. The van der Waals surface area contributed by atoms with Crippen molar-refractivity contribution < 1.29 is 19.4 Å². The van der Waals surface area contributed by atoms with Gasteiger partial charge < -0.3 is 9.84 Å². The Labute approximate surface area is 86.5 Å². The summed E-state index contributed by atoms with van der Waals surface area (Å²) in [5, 5.41) is 8.89. The summed E-state index contributed by atoms with van der Waals surface area (Å²) in [7, 11) is 0. The van der Waals surface area contributed by atoms with E-state index in [9.17, 15) is 9.59 Å². The predicted molar refractivity (Wildman–Crippen MR) is 52.6 cm³/mol. The molecule has 0 bridgehead atoms. The highest BCUT2D eigenvalue weighted by Crippen LogP contribution is 2.30. The molecule has 0 spiro atoms. The summed E-state index contributed by atoms with van der Waals surface area (Å²) in [4.78, 5) is 22.3. The lowest BCUT2D eigenvalue weighted by Gasteiger charge is -2.19. The lowest BCUT2D eigenvalue weighted by molar-refractivity contribution is 0.0694. The van der Waals surface area contributed by atoms with Crippen LogP contribution in [0.25, 0.3) is 0 Å². The molecule has 0 saturated carbocycles. The second kappa shape index (κ2) is 3.38. The normalized spacial score (nSPS) is 14.3. The van der Waals surface area contributed by atoms with Crippen LogP contribution >= 0.6 is 0 Å². The first-order valence-corrected chi connectivity index (χ1v) is 4.64. The number of hydrogen-bond acceptors (Lipinski definition) is 3. The van der Waals surface area contributed by atoms with Crippen molar-refractivity contribution in [1.82, 2.24) is 0 Å². The smallest absolute Gasteiger partial charge is 0.336 e. The Bertz CT molecular complexity index is 448. The van der Waals surface area contributed by atoms with E-state index in [2.05, 4.69) is 0 Å². The van der Waals surface area contributed by atoms with Crippen LogP contribution in [0.3, 0.4) is 0 Å². The third-order valence-corrected chi connectivity index (χ3v) is 2.51. The molecule has 0 atom stereocenters. The lowest BCUT2D eigenvalue weighted by Crippen LogP contribution is -2.17. The molecule has 0 unspecified atom stereocenters. The van der Waals surface area contributed by atoms with Crippen LogP contribution < -0.4 is 4.74 Å². The molecule has 15 heavy (non-hydrogen) atoms. The molecule has 4 nitrogen and oxygen atoms in total. The second-order valence-corrected chi connectivity index (χ2v) is 3.44. The largest absolute Gasteiger partial charge is 0.492 e. The number of fused-ring (bicyclic) bond motifs is 1. The van der Waals surface area contributed by atoms with E-state index in [-0.39, 0.29) is 11.3 Å². The summed E-state index contributed by atoms with van der Waals surface area (Å²) < 4.78 is 5.33. The van der Waals surface area contributed by atoms with Gasteiger partial charge in [0.15, 0.2) is 5.78 Å². The zero-order valence-corrected chi connectivity index (χ0v) is 8.24. The molecule has 2 rings (SSSR count). The average molecular weight is 206 g/mol. The molecule has 1 aliphatic rings. The van der Waals surface area contributed by atoms with Gasteiger partial charge in [-0.1, -0.05) is 0 Å². The topological polar surface area (TPSA) is 63.6 Å². The maximum Gasteiger partial charge on any atom is 0.336 e. The Morgan fingerprint density at radius 3 is 2.87 bits per heavy atom. The van der Waals surface area contributed by atoms with E-state index in [1.165, 1.54) is 12.1 Å². The van der Waals surface area contributed by atoms with Gasteiger partial charge in [0.2, 0.25) is 0 Å². The molecule has 1 aromatic carbocycles. The van der Waals surface area contributed by atoms with Gasteiger partial charge in [-0.15, -0.1) is 0 Å². The lowest BCUT2D eigenvalue weighted by atomic mass is 9.98. The summed E-state index contributed by atoms with van der Waals surface area (Å²) in [6.45, 7) is 1.98. The van der Waals surface area contributed by atoms with Gasteiger partial charge in [-0.3, -0.25) is 4.79 Å². The Morgan fingerprint density at radius 2 is 2.20 bits per heavy atom. The Hall–Kier alpha value is -1.84. The van der Waals surface area contributed by atoms with Crippen molar-refractivity contribution in [3.63, 3.8) is 0 Å². The van der Waals surface area contributed by atoms with Crippen molar-refractivity contribution in [3.8, 4) is 5.75 Å². The maximum absolute atomic E-state index is 11.5. The van der Waals surface area contributed by atoms with Gasteiger partial charge in [-0.25, -0.2) is 4.79 Å².